The van der Waals surface area contributed by atoms with Gasteiger partial charge in [0.05, 0.1) is 7.11 Å². The number of ether oxygens (including phenoxy) is 1. The van der Waals surface area contributed by atoms with Crippen LogP contribution < -0.4 is 4.74 Å². The Labute approximate surface area is 99.1 Å². The van der Waals surface area contributed by atoms with E-state index in [4.69, 9.17) is 4.74 Å². The summed E-state index contributed by atoms with van der Waals surface area (Å²) in [6.45, 7) is 1.59. The molecule has 1 aromatic carbocycles. The zero-order chi connectivity index (χ0) is 12.3. The van der Waals surface area contributed by atoms with Crippen molar-refractivity contribution in [3.8, 4) is 17.3 Å². The quantitative estimate of drug-likeness (QED) is 0.869. The molecule has 1 atom stereocenters. The van der Waals surface area contributed by atoms with Crippen molar-refractivity contribution in [3.63, 3.8) is 0 Å². The molecule has 2 aromatic rings. The molecule has 1 heterocycles. The van der Waals surface area contributed by atoms with Gasteiger partial charge in [0.1, 0.15) is 6.10 Å². The molecule has 0 bridgehead atoms. The maximum absolute atomic E-state index is 9.47. The number of aromatic nitrogens is 3. The molecule has 0 saturated carbocycles. The largest absolute Gasteiger partial charge is 0.480 e. The van der Waals surface area contributed by atoms with Crippen LogP contribution in [0.25, 0.3) is 11.4 Å². The molecule has 1 N–H and O–H groups in total. The van der Waals surface area contributed by atoms with E-state index in [1.807, 2.05) is 30.3 Å². The zero-order valence-corrected chi connectivity index (χ0v) is 9.66. The molecule has 0 aliphatic rings. The number of nitrogens with zero attached hydrogens (tertiary/aromatic N) is 3. The van der Waals surface area contributed by atoms with Gasteiger partial charge in [0, 0.05) is 5.56 Å². The molecule has 88 valence electrons. The van der Waals surface area contributed by atoms with Crippen LogP contribution in [0, 0.1) is 0 Å². The number of hydrogen-bond acceptors (Lipinski definition) is 5. The maximum Gasteiger partial charge on any atom is 0.242 e. The van der Waals surface area contributed by atoms with Crippen molar-refractivity contribution >= 4 is 0 Å². The van der Waals surface area contributed by atoms with Gasteiger partial charge in [0.15, 0.2) is 11.5 Å². The van der Waals surface area contributed by atoms with Crippen molar-refractivity contribution in [3.05, 3.63) is 36.0 Å². The highest BCUT2D eigenvalue weighted by Crippen LogP contribution is 2.22. The van der Waals surface area contributed by atoms with E-state index in [-0.39, 0.29) is 0 Å². The lowest BCUT2D eigenvalue weighted by Crippen LogP contribution is -2.05. The van der Waals surface area contributed by atoms with Gasteiger partial charge in [-0.1, -0.05) is 30.3 Å². The fourth-order valence-corrected chi connectivity index (χ4v) is 1.44. The van der Waals surface area contributed by atoms with Crippen molar-refractivity contribution in [2.75, 3.05) is 7.11 Å². The third-order valence-corrected chi connectivity index (χ3v) is 2.30. The summed E-state index contributed by atoms with van der Waals surface area (Å²) in [5.74, 6) is 0.778. The minimum absolute atomic E-state index is 0.300. The number of aliphatic hydroxyl groups is 1. The molecule has 0 spiro atoms. The van der Waals surface area contributed by atoms with Gasteiger partial charge in [0.25, 0.3) is 0 Å². The molecule has 17 heavy (non-hydrogen) atoms. The normalized spacial score (nSPS) is 12.2. The highest BCUT2D eigenvalue weighted by Gasteiger charge is 2.14. The summed E-state index contributed by atoms with van der Waals surface area (Å²) in [4.78, 5) is 4.23. The van der Waals surface area contributed by atoms with Crippen LogP contribution in [0.3, 0.4) is 0 Å². The second-order valence-corrected chi connectivity index (χ2v) is 3.57. The van der Waals surface area contributed by atoms with E-state index in [1.165, 1.54) is 7.11 Å². The average Bonchev–Trinajstić information content (AvgIpc) is 2.39. The molecular formula is C12H13N3O2. The van der Waals surface area contributed by atoms with Gasteiger partial charge in [-0.2, -0.15) is 4.98 Å². The first-order valence-corrected chi connectivity index (χ1v) is 5.24. The topological polar surface area (TPSA) is 68.1 Å². The third kappa shape index (κ3) is 2.39. The molecule has 0 fully saturated rings. The van der Waals surface area contributed by atoms with Gasteiger partial charge in [-0.15, -0.1) is 10.2 Å². The van der Waals surface area contributed by atoms with Crippen molar-refractivity contribution in [1.29, 1.82) is 0 Å². The molecule has 0 radical (unpaired) electrons. The number of methoxy groups -OCH3 is 1. The van der Waals surface area contributed by atoms with Crippen LogP contribution in [0.1, 0.15) is 18.7 Å². The molecule has 0 saturated heterocycles. The Morgan fingerprint density at radius 1 is 1.18 bits per heavy atom. The summed E-state index contributed by atoms with van der Waals surface area (Å²) in [7, 11) is 1.49. The summed E-state index contributed by atoms with van der Waals surface area (Å²) < 4.78 is 5.10. The number of rotatable bonds is 3. The van der Waals surface area contributed by atoms with Gasteiger partial charge in [-0.05, 0) is 6.92 Å². The lowest BCUT2D eigenvalue weighted by Gasteiger charge is -2.08. The first-order chi connectivity index (χ1) is 8.22. The summed E-state index contributed by atoms with van der Waals surface area (Å²) in [5.41, 5.74) is 1.20. The fourth-order valence-electron chi connectivity index (χ4n) is 1.44. The summed E-state index contributed by atoms with van der Waals surface area (Å²) in [6.07, 6.45) is -0.755. The van der Waals surface area contributed by atoms with Crippen LogP contribution >= 0.6 is 0 Å². The second-order valence-electron chi connectivity index (χ2n) is 3.57. The van der Waals surface area contributed by atoms with E-state index >= 15 is 0 Å². The number of aliphatic hydroxyl groups excluding tert-OH is 1. The van der Waals surface area contributed by atoms with Crippen LogP contribution in [0.15, 0.2) is 30.3 Å². The highest BCUT2D eigenvalue weighted by atomic mass is 16.5. The van der Waals surface area contributed by atoms with Gasteiger partial charge in [-0.25, -0.2) is 0 Å². The first kappa shape index (κ1) is 11.5. The van der Waals surface area contributed by atoms with Crippen molar-refractivity contribution < 1.29 is 9.84 Å². The van der Waals surface area contributed by atoms with Crippen LogP contribution in [-0.4, -0.2) is 27.4 Å². The van der Waals surface area contributed by atoms with Gasteiger partial charge < -0.3 is 9.84 Å². The minimum Gasteiger partial charge on any atom is -0.480 e. The molecule has 0 aliphatic carbocycles. The van der Waals surface area contributed by atoms with E-state index in [0.717, 1.165) is 5.56 Å². The summed E-state index contributed by atoms with van der Waals surface area (Å²) in [5, 5.41) is 17.4. The molecule has 1 unspecified atom stereocenters. The fraction of sp³-hybridized carbons (Fsp3) is 0.250. The van der Waals surface area contributed by atoms with Crippen LogP contribution in [0.2, 0.25) is 0 Å². The second kappa shape index (κ2) is 4.88. The molecule has 0 aliphatic heterocycles. The van der Waals surface area contributed by atoms with Gasteiger partial charge in [0.2, 0.25) is 5.88 Å². The Bertz CT molecular complexity index is 500. The smallest absolute Gasteiger partial charge is 0.242 e. The van der Waals surface area contributed by atoms with E-state index in [0.29, 0.717) is 17.4 Å². The Morgan fingerprint density at radius 3 is 2.47 bits per heavy atom. The molecule has 5 heteroatoms. The molecule has 5 nitrogen and oxygen atoms in total. The standard InChI is InChI=1S/C12H13N3O2/c1-8(16)10-12(17-2)13-11(15-14-10)9-6-4-3-5-7-9/h3-8,16H,1-2H3. The summed E-state index contributed by atoms with van der Waals surface area (Å²) in [6, 6.07) is 9.48. The van der Waals surface area contributed by atoms with Gasteiger partial charge in [-0.3, -0.25) is 0 Å². The lowest BCUT2D eigenvalue weighted by molar-refractivity contribution is 0.186. The molecule has 0 amide bonds. The van der Waals surface area contributed by atoms with E-state index in [2.05, 4.69) is 15.2 Å². The number of benzene rings is 1. The Balaban J connectivity index is 2.45. The average molecular weight is 231 g/mol. The SMILES string of the molecule is COc1nc(-c2ccccc2)nnc1C(C)O. The predicted octanol–water partition coefficient (Wildman–Crippen LogP) is 1.60. The van der Waals surface area contributed by atoms with Crippen molar-refractivity contribution in [2.24, 2.45) is 0 Å². The number of hydrogen-bond donors (Lipinski definition) is 1. The van der Waals surface area contributed by atoms with Crippen LogP contribution in [0.4, 0.5) is 0 Å². The zero-order valence-electron chi connectivity index (χ0n) is 9.66. The van der Waals surface area contributed by atoms with Crippen molar-refractivity contribution in [1.82, 2.24) is 15.2 Å². The van der Waals surface area contributed by atoms with Gasteiger partial charge >= 0.3 is 0 Å². The maximum atomic E-state index is 9.47. The lowest BCUT2D eigenvalue weighted by atomic mass is 10.2. The molecule has 2 rings (SSSR count). The van der Waals surface area contributed by atoms with E-state index < -0.39 is 6.10 Å². The Hall–Kier alpha value is -2.01. The first-order valence-electron chi connectivity index (χ1n) is 5.24. The summed E-state index contributed by atoms with van der Waals surface area (Å²) >= 11 is 0. The van der Waals surface area contributed by atoms with Crippen LogP contribution in [-0.2, 0) is 0 Å². The minimum atomic E-state index is -0.755. The predicted molar refractivity (Wildman–Crippen MR) is 62.4 cm³/mol. The highest BCUT2D eigenvalue weighted by molar-refractivity contribution is 5.54. The third-order valence-electron chi connectivity index (χ3n) is 2.30. The Morgan fingerprint density at radius 2 is 1.88 bits per heavy atom. The Kier molecular flexibility index (Phi) is 3.30. The van der Waals surface area contributed by atoms with Crippen LogP contribution in [0.5, 0.6) is 5.88 Å². The van der Waals surface area contributed by atoms with E-state index in [9.17, 15) is 5.11 Å². The van der Waals surface area contributed by atoms with E-state index in [1.54, 1.807) is 6.92 Å². The monoisotopic (exact) mass is 231 g/mol. The van der Waals surface area contributed by atoms with Crippen molar-refractivity contribution in [2.45, 2.75) is 13.0 Å². The molecular weight excluding hydrogens is 218 g/mol. The molecule has 1 aromatic heterocycles.